The van der Waals surface area contributed by atoms with Crippen molar-refractivity contribution in [1.29, 1.82) is 0 Å². The zero-order chi connectivity index (χ0) is 13.2. The van der Waals surface area contributed by atoms with E-state index in [1.165, 1.54) is 0 Å². The smallest absolute Gasteiger partial charge is 0.209 e. The van der Waals surface area contributed by atoms with Crippen LogP contribution in [0.25, 0.3) is 11.1 Å². The molecule has 1 aromatic carbocycles. The number of aromatic nitrogens is 1. The average molecular weight is 260 g/mol. The number of oxazole rings is 1. The largest absolute Gasteiger partial charge is 0.439 e. The van der Waals surface area contributed by atoms with E-state index < -0.39 is 0 Å². The van der Waals surface area contributed by atoms with Gasteiger partial charge in [-0.3, -0.25) is 4.90 Å². The molecule has 19 heavy (non-hydrogen) atoms. The molecule has 1 aliphatic heterocycles. The van der Waals surface area contributed by atoms with Crippen LogP contribution in [0.15, 0.2) is 28.7 Å². The summed E-state index contributed by atoms with van der Waals surface area (Å²) in [4.78, 5) is 9.22. The summed E-state index contributed by atoms with van der Waals surface area (Å²) in [5.41, 5.74) is 7.65. The molecule has 0 spiro atoms. The van der Waals surface area contributed by atoms with Crippen molar-refractivity contribution in [2.45, 2.75) is 12.6 Å². The van der Waals surface area contributed by atoms with E-state index in [1.807, 2.05) is 24.3 Å². The second-order valence-electron chi connectivity index (χ2n) is 5.20. The fraction of sp³-hybridized carbons (Fsp3) is 0.500. The molecule has 5 heteroatoms. The minimum atomic E-state index is 0.383. The first kappa shape index (κ1) is 12.6. The van der Waals surface area contributed by atoms with E-state index in [1.54, 1.807) is 0 Å². The van der Waals surface area contributed by atoms with E-state index in [4.69, 9.17) is 10.2 Å². The molecular weight excluding hydrogens is 240 g/mol. The standard InChI is InChI=1S/C14H20N4O/c1-17-6-7-18(11(8-15)9-17)10-14-16-12-4-2-3-5-13(12)19-14/h2-5,11H,6-10,15H2,1H3. The monoisotopic (exact) mass is 260 g/mol. The topological polar surface area (TPSA) is 58.5 Å². The Morgan fingerprint density at radius 2 is 2.21 bits per heavy atom. The van der Waals surface area contributed by atoms with Crippen molar-refractivity contribution in [2.24, 2.45) is 5.73 Å². The van der Waals surface area contributed by atoms with Gasteiger partial charge in [-0.1, -0.05) is 12.1 Å². The van der Waals surface area contributed by atoms with E-state index in [9.17, 15) is 0 Å². The van der Waals surface area contributed by atoms with Gasteiger partial charge in [0.1, 0.15) is 5.52 Å². The maximum absolute atomic E-state index is 5.87. The highest BCUT2D eigenvalue weighted by Gasteiger charge is 2.25. The second-order valence-corrected chi connectivity index (χ2v) is 5.20. The number of hydrogen-bond donors (Lipinski definition) is 1. The Bertz CT molecular complexity index is 520. The molecule has 102 valence electrons. The quantitative estimate of drug-likeness (QED) is 0.888. The van der Waals surface area contributed by atoms with Crippen molar-refractivity contribution in [2.75, 3.05) is 33.2 Å². The Labute approximate surface area is 113 Å². The molecular formula is C14H20N4O. The third-order valence-corrected chi connectivity index (χ3v) is 3.76. The van der Waals surface area contributed by atoms with Gasteiger partial charge in [-0.25, -0.2) is 4.98 Å². The number of para-hydroxylation sites is 2. The molecule has 1 saturated heterocycles. The van der Waals surface area contributed by atoms with Crippen LogP contribution < -0.4 is 5.73 Å². The highest BCUT2D eigenvalue weighted by molar-refractivity contribution is 5.72. The lowest BCUT2D eigenvalue weighted by Crippen LogP contribution is -2.54. The van der Waals surface area contributed by atoms with Gasteiger partial charge < -0.3 is 15.1 Å². The van der Waals surface area contributed by atoms with Crippen LogP contribution in [0, 0.1) is 0 Å². The zero-order valence-electron chi connectivity index (χ0n) is 11.2. The van der Waals surface area contributed by atoms with Crippen molar-refractivity contribution in [3.05, 3.63) is 30.2 Å². The lowest BCUT2D eigenvalue weighted by Gasteiger charge is -2.38. The Kier molecular flexibility index (Phi) is 3.50. The molecule has 0 saturated carbocycles. The van der Waals surface area contributed by atoms with Gasteiger partial charge in [0.05, 0.1) is 6.54 Å². The van der Waals surface area contributed by atoms with Crippen molar-refractivity contribution >= 4 is 11.1 Å². The molecule has 1 atom stereocenters. The van der Waals surface area contributed by atoms with Gasteiger partial charge >= 0.3 is 0 Å². The van der Waals surface area contributed by atoms with E-state index in [2.05, 4.69) is 21.8 Å². The summed E-state index contributed by atoms with van der Waals surface area (Å²) >= 11 is 0. The molecule has 0 aliphatic carbocycles. The van der Waals surface area contributed by atoms with E-state index in [-0.39, 0.29) is 0 Å². The lowest BCUT2D eigenvalue weighted by molar-refractivity contribution is 0.0809. The fourth-order valence-electron chi connectivity index (χ4n) is 2.64. The predicted octanol–water partition coefficient (Wildman–Crippen LogP) is 0.902. The normalized spacial score (nSPS) is 22.1. The number of rotatable bonds is 3. The summed E-state index contributed by atoms with van der Waals surface area (Å²) in [6.07, 6.45) is 0. The number of nitrogens with zero attached hydrogens (tertiary/aromatic N) is 3. The number of hydrogen-bond acceptors (Lipinski definition) is 5. The highest BCUT2D eigenvalue weighted by atomic mass is 16.3. The fourth-order valence-corrected chi connectivity index (χ4v) is 2.64. The minimum absolute atomic E-state index is 0.383. The maximum Gasteiger partial charge on any atom is 0.209 e. The Balaban J connectivity index is 1.76. The predicted molar refractivity (Wildman–Crippen MR) is 74.8 cm³/mol. The molecule has 2 aromatic rings. The summed E-state index contributed by atoms with van der Waals surface area (Å²) < 4.78 is 5.78. The molecule has 5 nitrogen and oxygen atoms in total. The Morgan fingerprint density at radius 1 is 1.37 bits per heavy atom. The summed E-state index contributed by atoms with van der Waals surface area (Å²) in [6, 6.07) is 8.26. The van der Waals surface area contributed by atoms with E-state index >= 15 is 0 Å². The second kappa shape index (κ2) is 5.28. The first-order valence-electron chi connectivity index (χ1n) is 6.73. The first-order valence-corrected chi connectivity index (χ1v) is 6.73. The number of nitrogens with two attached hydrogens (primary N) is 1. The molecule has 0 amide bonds. The molecule has 2 N–H and O–H groups in total. The first-order chi connectivity index (χ1) is 9.26. The zero-order valence-corrected chi connectivity index (χ0v) is 11.2. The van der Waals surface area contributed by atoms with Crippen molar-refractivity contribution in [3.63, 3.8) is 0 Å². The third kappa shape index (κ3) is 2.63. The van der Waals surface area contributed by atoms with Gasteiger partial charge in [0, 0.05) is 32.2 Å². The van der Waals surface area contributed by atoms with E-state index in [0.29, 0.717) is 12.6 Å². The molecule has 0 bridgehead atoms. The molecule has 1 aliphatic rings. The van der Waals surface area contributed by atoms with Crippen LogP contribution >= 0.6 is 0 Å². The van der Waals surface area contributed by atoms with Crippen LogP contribution in [0.3, 0.4) is 0 Å². The minimum Gasteiger partial charge on any atom is -0.439 e. The van der Waals surface area contributed by atoms with Gasteiger partial charge in [-0.05, 0) is 19.2 Å². The number of piperazine rings is 1. The molecule has 2 heterocycles. The van der Waals surface area contributed by atoms with Crippen molar-refractivity contribution in [3.8, 4) is 0 Å². The van der Waals surface area contributed by atoms with Crippen LogP contribution in [0.5, 0.6) is 0 Å². The molecule has 1 unspecified atom stereocenters. The molecule has 3 rings (SSSR count). The van der Waals surface area contributed by atoms with Gasteiger partial charge in [-0.2, -0.15) is 0 Å². The van der Waals surface area contributed by atoms with Crippen LogP contribution in [0.4, 0.5) is 0 Å². The van der Waals surface area contributed by atoms with Crippen LogP contribution in [-0.4, -0.2) is 54.1 Å². The van der Waals surface area contributed by atoms with Crippen LogP contribution in [0.1, 0.15) is 5.89 Å². The van der Waals surface area contributed by atoms with Crippen molar-refractivity contribution < 1.29 is 4.42 Å². The SMILES string of the molecule is CN1CCN(Cc2nc3ccccc3o2)C(CN)C1. The average Bonchev–Trinajstić information content (AvgIpc) is 2.83. The number of likely N-dealkylation sites (N-methyl/N-ethyl adjacent to an activating group) is 1. The van der Waals surface area contributed by atoms with Gasteiger partial charge in [0.2, 0.25) is 5.89 Å². The van der Waals surface area contributed by atoms with Gasteiger partial charge in [-0.15, -0.1) is 0 Å². The van der Waals surface area contributed by atoms with Crippen molar-refractivity contribution in [1.82, 2.24) is 14.8 Å². The van der Waals surface area contributed by atoms with Crippen LogP contribution in [-0.2, 0) is 6.54 Å². The molecule has 1 aromatic heterocycles. The summed E-state index contributed by atoms with van der Waals surface area (Å²) in [6.45, 7) is 4.50. The lowest BCUT2D eigenvalue weighted by atomic mass is 10.2. The maximum atomic E-state index is 5.87. The summed E-state index contributed by atoms with van der Waals surface area (Å²) in [7, 11) is 2.14. The summed E-state index contributed by atoms with van der Waals surface area (Å²) in [5, 5.41) is 0. The number of fused-ring (bicyclic) bond motifs is 1. The van der Waals surface area contributed by atoms with Gasteiger partial charge in [0.25, 0.3) is 0 Å². The van der Waals surface area contributed by atoms with Crippen LogP contribution in [0.2, 0.25) is 0 Å². The molecule has 1 fully saturated rings. The highest BCUT2D eigenvalue weighted by Crippen LogP contribution is 2.18. The Morgan fingerprint density at radius 3 is 3.00 bits per heavy atom. The third-order valence-electron chi connectivity index (χ3n) is 3.76. The molecule has 0 radical (unpaired) electrons. The Hall–Kier alpha value is -1.43. The van der Waals surface area contributed by atoms with Gasteiger partial charge in [0.15, 0.2) is 5.58 Å². The van der Waals surface area contributed by atoms with E-state index in [0.717, 1.165) is 43.2 Å². The summed E-state index contributed by atoms with van der Waals surface area (Å²) in [5.74, 6) is 0.782. The number of benzene rings is 1.